The summed E-state index contributed by atoms with van der Waals surface area (Å²) in [5.41, 5.74) is 4.93. The first-order valence-corrected chi connectivity index (χ1v) is 6.99. The van der Waals surface area contributed by atoms with Crippen LogP contribution in [0.2, 0.25) is 0 Å². The fourth-order valence-corrected chi connectivity index (χ4v) is 2.39. The highest BCUT2D eigenvalue weighted by Gasteiger charge is 2.06. The lowest BCUT2D eigenvalue weighted by Gasteiger charge is -2.13. The monoisotopic (exact) mass is 314 g/mol. The van der Waals surface area contributed by atoms with Crippen LogP contribution in [-0.4, -0.2) is 0 Å². The van der Waals surface area contributed by atoms with Crippen LogP contribution in [0, 0.1) is 18.3 Å². The molecule has 96 valence electrons. The van der Waals surface area contributed by atoms with Gasteiger partial charge < -0.3 is 5.32 Å². The van der Waals surface area contributed by atoms with Gasteiger partial charge in [0.05, 0.1) is 11.3 Å². The van der Waals surface area contributed by atoms with Crippen LogP contribution < -0.4 is 5.32 Å². The number of nitrogens with zero attached hydrogens (tertiary/aromatic N) is 1. The molecule has 2 aromatic carbocycles. The van der Waals surface area contributed by atoms with E-state index in [4.69, 9.17) is 5.26 Å². The standard InChI is InChI=1S/C16H15BrN2/c1-3-12-9-14(17)6-7-15(12)19-16-8-11(2)4-5-13(16)10-18/h4-9,19H,3H2,1-2H3. The third-order valence-electron chi connectivity index (χ3n) is 3.01. The van der Waals surface area contributed by atoms with Crippen molar-refractivity contribution in [3.8, 4) is 6.07 Å². The Bertz CT molecular complexity index is 642. The van der Waals surface area contributed by atoms with Crippen molar-refractivity contribution >= 4 is 27.3 Å². The van der Waals surface area contributed by atoms with Gasteiger partial charge in [0.25, 0.3) is 0 Å². The molecule has 0 aliphatic carbocycles. The molecule has 0 saturated heterocycles. The van der Waals surface area contributed by atoms with Crippen LogP contribution >= 0.6 is 15.9 Å². The fraction of sp³-hybridized carbons (Fsp3) is 0.188. The Morgan fingerprint density at radius 2 is 1.95 bits per heavy atom. The molecule has 0 spiro atoms. The normalized spacial score (nSPS) is 10.0. The molecule has 0 bridgehead atoms. The molecular formula is C16H15BrN2. The van der Waals surface area contributed by atoms with Crippen molar-refractivity contribution in [1.82, 2.24) is 0 Å². The van der Waals surface area contributed by atoms with Crippen molar-refractivity contribution in [1.29, 1.82) is 5.26 Å². The number of nitrogens with one attached hydrogen (secondary N) is 1. The average molecular weight is 315 g/mol. The summed E-state index contributed by atoms with van der Waals surface area (Å²) < 4.78 is 1.07. The van der Waals surface area contributed by atoms with E-state index in [2.05, 4.69) is 40.3 Å². The summed E-state index contributed by atoms with van der Waals surface area (Å²) in [6.45, 7) is 4.14. The average Bonchev–Trinajstić information content (AvgIpc) is 2.41. The van der Waals surface area contributed by atoms with E-state index >= 15 is 0 Å². The molecular weight excluding hydrogens is 300 g/mol. The summed E-state index contributed by atoms with van der Waals surface area (Å²) in [5, 5.41) is 12.5. The molecule has 2 rings (SSSR count). The summed E-state index contributed by atoms with van der Waals surface area (Å²) in [6.07, 6.45) is 0.940. The summed E-state index contributed by atoms with van der Waals surface area (Å²) in [5.74, 6) is 0. The fourth-order valence-electron chi connectivity index (χ4n) is 1.98. The van der Waals surface area contributed by atoms with Crippen molar-refractivity contribution in [2.45, 2.75) is 20.3 Å². The zero-order valence-electron chi connectivity index (χ0n) is 11.0. The maximum Gasteiger partial charge on any atom is 0.101 e. The molecule has 0 unspecified atom stereocenters. The zero-order valence-corrected chi connectivity index (χ0v) is 12.6. The van der Waals surface area contributed by atoms with E-state index in [1.54, 1.807) is 0 Å². The topological polar surface area (TPSA) is 35.8 Å². The lowest BCUT2D eigenvalue weighted by atomic mass is 10.1. The molecule has 19 heavy (non-hydrogen) atoms. The van der Waals surface area contributed by atoms with E-state index < -0.39 is 0 Å². The van der Waals surface area contributed by atoms with Crippen LogP contribution in [0.1, 0.15) is 23.6 Å². The van der Waals surface area contributed by atoms with Crippen molar-refractivity contribution in [3.05, 3.63) is 57.6 Å². The number of hydrogen-bond acceptors (Lipinski definition) is 2. The second kappa shape index (κ2) is 5.90. The number of benzene rings is 2. The highest BCUT2D eigenvalue weighted by atomic mass is 79.9. The molecule has 2 nitrogen and oxygen atoms in total. The number of aryl methyl sites for hydroxylation is 2. The molecule has 0 amide bonds. The van der Waals surface area contributed by atoms with Crippen LogP contribution in [0.5, 0.6) is 0 Å². The Kier molecular flexibility index (Phi) is 4.24. The third kappa shape index (κ3) is 3.15. The van der Waals surface area contributed by atoms with E-state index in [0.29, 0.717) is 5.56 Å². The summed E-state index contributed by atoms with van der Waals surface area (Å²) in [7, 11) is 0. The molecule has 0 heterocycles. The van der Waals surface area contributed by atoms with Gasteiger partial charge in [-0.05, 0) is 54.8 Å². The Hall–Kier alpha value is -1.79. The van der Waals surface area contributed by atoms with Crippen LogP contribution in [-0.2, 0) is 6.42 Å². The lowest BCUT2D eigenvalue weighted by Crippen LogP contribution is -1.98. The Morgan fingerprint density at radius 1 is 1.16 bits per heavy atom. The number of halogens is 1. The van der Waals surface area contributed by atoms with Crippen molar-refractivity contribution in [2.75, 3.05) is 5.32 Å². The highest BCUT2D eigenvalue weighted by Crippen LogP contribution is 2.27. The highest BCUT2D eigenvalue weighted by molar-refractivity contribution is 9.10. The largest absolute Gasteiger partial charge is 0.354 e. The van der Waals surface area contributed by atoms with Gasteiger partial charge in [-0.1, -0.05) is 28.9 Å². The van der Waals surface area contributed by atoms with Gasteiger partial charge in [-0.25, -0.2) is 0 Å². The molecule has 2 aromatic rings. The van der Waals surface area contributed by atoms with Crippen molar-refractivity contribution in [3.63, 3.8) is 0 Å². The van der Waals surface area contributed by atoms with E-state index in [9.17, 15) is 0 Å². The van der Waals surface area contributed by atoms with E-state index in [-0.39, 0.29) is 0 Å². The SMILES string of the molecule is CCc1cc(Br)ccc1Nc1cc(C)ccc1C#N. The van der Waals surface area contributed by atoms with E-state index in [0.717, 1.165) is 27.8 Å². The minimum absolute atomic E-state index is 0.663. The van der Waals surface area contributed by atoms with Gasteiger partial charge in [0.2, 0.25) is 0 Å². The molecule has 0 radical (unpaired) electrons. The Balaban J connectivity index is 2.41. The first-order chi connectivity index (χ1) is 9.13. The minimum Gasteiger partial charge on any atom is -0.354 e. The Labute approximate surface area is 122 Å². The van der Waals surface area contributed by atoms with Gasteiger partial charge in [0.15, 0.2) is 0 Å². The second-order valence-corrected chi connectivity index (χ2v) is 5.36. The van der Waals surface area contributed by atoms with Gasteiger partial charge in [-0.2, -0.15) is 5.26 Å². The zero-order chi connectivity index (χ0) is 13.8. The predicted molar refractivity (Wildman–Crippen MR) is 82.7 cm³/mol. The van der Waals surface area contributed by atoms with Gasteiger partial charge in [0.1, 0.15) is 6.07 Å². The van der Waals surface area contributed by atoms with Gasteiger partial charge in [0, 0.05) is 10.2 Å². The molecule has 3 heteroatoms. The molecule has 0 aliphatic heterocycles. The van der Waals surface area contributed by atoms with E-state index in [1.165, 1.54) is 5.56 Å². The van der Waals surface area contributed by atoms with Crippen molar-refractivity contribution < 1.29 is 0 Å². The van der Waals surface area contributed by atoms with Crippen molar-refractivity contribution in [2.24, 2.45) is 0 Å². The predicted octanol–water partition coefficient (Wildman–Crippen LogP) is 4.94. The first kappa shape index (κ1) is 13.6. The maximum atomic E-state index is 9.16. The summed E-state index contributed by atoms with van der Waals surface area (Å²) in [6, 6.07) is 14.2. The first-order valence-electron chi connectivity index (χ1n) is 6.20. The Morgan fingerprint density at radius 3 is 2.63 bits per heavy atom. The molecule has 0 aliphatic rings. The number of hydrogen-bond donors (Lipinski definition) is 1. The lowest BCUT2D eigenvalue weighted by molar-refractivity contribution is 1.14. The smallest absolute Gasteiger partial charge is 0.101 e. The summed E-state index contributed by atoms with van der Waals surface area (Å²) >= 11 is 3.48. The molecule has 0 saturated carbocycles. The third-order valence-corrected chi connectivity index (χ3v) is 3.51. The number of nitriles is 1. The van der Waals surface area contributed by atoms with Crippen LogP contribution in [0.4, 0.5) is 11.4 Å². The van der Waals surface area contributed by atoms with Crippen LogP contribution in [0.3, 0.4) is 0 Å². The van der Waals surface area contributed by atoms with Gasteiger partial charge in [-0.3, -0.25) is 0 Å². The minimum atomic E-state index is 0.663. The molecule has 1 N–H and O–H groups in total. The van der Waals surface area contributed by atoms with E-state index in [1.807, 2.05) is 37.3 Å². The van der Waals surface area contributed by atoms with Crippen LogP contribution in [0.25, 0.3) is 0 Å². The quantitative estimate of drug-likeness (QED) is 0.871. The molecule has 0 fully saturated rings. The van der Waals surface area contributed by atoms with Gasteiger partial charge in [-0.15, -0.1) is 0 Å². The maximum absolute atomic E-state index is 9.16. The summed E-state index contributed by atoms with van der Waals surface area (Å²) in [4.78, 5) is 0. The second-order valence-electron chi connectivity index (χ2n) is 4.44. The van der Waals surface area contributed by atoms with Crippen LogP contribution in [0.15, 0.2) is 40.9 Å². The van der Waals surface area contributed by atoms with Gasteiger partial charge >= 0.3 is 0 Å². The number of anilines is 2. The molecule has 0 atom stereocenters. The molecule has 0 aromatic heterocycles. The number of rotatable bonds is 3.